The summed E-state index contributed by atoms with van der Waals surface area (Å²) in [6, 6.07) is 7.83. The number of carboxylic acid groups (broad SMARTS) is 1. The fourth-order valence-electron chi connectivity index (χ4n) is 3.52. The molecule has 1 amide bonds. The smallest absolute Gasteiger partial charge is 0.310 e. The van der Waals surface area contributed by atoms with Crippen LogP contribution in [0.4, 0.5) is 0 Å². The number of ether oxygens (including phenoxy) is 1. The summed E-state index contributed by atoms with van der Waals surface area (Å²) >= 11 is 0. The van der Waals surface area contributed by atoms with Crippen LogP contribution in [0.5, 0.6) is 0 Å². The van der Waals surface area contributed by atoms with E-state index in [4.69, 9.17) is 4.74 Å². The van der Waals surface area contributed by atoms with E-state index in [1.165, 1.54) is 0 Å². The summed E-state index contributed by atoms with van der Waals surface area (Å²) in [7, 11) is 0. The minimum absolute atomic E-state index is 0.0654. The molecule has 1 aliphatic rings. The normalized spacial score (nSPS) is 16.8. The second-order valence-electron chi connectivity index (χ2n) is 6.86. The van der Waals surface area contributed by atoms with E-state index in [1.807, 2.05) is 31.2 Å². The van der Waals surface area contributed by atoms with Crippen molar-refractivity contribution in [2.24, 2.45) is 5.41 Å². The Morgan fingerprint density at radius 1 is 1.12 bits per heavy atom. The van der Waals surface area contributed by atoms with Crippen molar-refractivity contribution in [3.63, 3.8) is 0 Å². The molecule has 1 aromatic carbocycles. The quantitative estimate of drug-likeness (QED) is 0.704. The number of hydrogen-bond donors (Lipinski definition) is 2. The Labute approximate surface area is 149 Å². The maximum Gasteiger partial charge on any atom is 0.310 e. The molecule has 2 rings (SSSR count). The SMILES string of the molecule is CCOCc1ccccc1CNC(=O)CC1(C(=O)O)CCCCCC1. The number of carbonyl (C=O) groups is 2. The molecular formula is C20H29NO4. The standard InChI is InChI=1S/C20H29NO4/c1-2-25-15-17-10-6-5-9-16(17)14-21-18(22)13-20(19(23)24)11-7-3-4-8-12-20/h5-6,9-10H,2-4,7-8,11-15H2,1H3,(H,21,22)(H,23,24). The highest BCUT2D eigenvalue weighted by atomic mass is 16.5. The average Bonchev–Trinajstić information content (AvgIpc) is 2.85. The van der Waals surface area contributed by atoms with Gasteiger partial charge in [0.2, 0.25) is 5.91 Å². The van der Waals surface area contributed by atoms with Crippen LogP contribution in [0.1, 0.15) is 63.0 Å². The number of hydrogen-bond acceptors (Lipinski definition) is 3. The van der Waals surface area contributed by atoms with Gasteiger partial charge in [-0.05, 0) is 30.9 Å². The molecular weight excluding hydrogens is 318 g/mol. The Morgan fingerprint density at radius 3 is 2.36 bits per heavy atom. The van der Waals surface area contributed by atoms with Gasteiger partial charge < -0.3 is 15.2 Å². The largest absolute Gasteiger partial charge is 0.481 e. The second kappa shape index (κ2) is 9.56. The lowest BCUT2D eigenvalue weighted by Gasteiger charge is -2.27. The summed E-state index contributed by atoms with van der Waals surface area (Å²) in [5.41, 5.74) is 1.16. The van der Waals surface area contributed by atoms with Gasteiger partial charge in [0.25, 0.3) is 0 Å². The van der Waals surface area contributed by atoms with Crippen LogP contribution in [0.15, 0.2) is 24.3 Å². The fraction of sp³-hybridized carbons (Fsp3) is 0.600. The van der Waals surface area contributed by atoms with Gasteiger partial charge in [-0.1, -0.05) is 49.9 Å². The van der Waals surface area contributed by atoms with Crippen LogP contribution in [-0.4, -0.2) is 23.6 Å². The molecule has 1 aliphatic carbocycles. The second-order valence-corrected chi connectivity index (χ2v) is 6.86. The molecule has 5 nitrogen and oxygen atoms in total. The minimum atomic E-state index is -0.897. The van der Waals surface area contributed by atoms with Gasteiger partial charge >= 0.3 is 5.97 Å². The molecule has 2 N–H and O–H groups in total. The maximum atomic E-state index is 12.4. The Kier molecular flexibility index (Phi) is 7.44. The van der Waals surface area contributed by atoms with Crippen LogP contribution in [0.3, 0.4) is 0 Å². The third kappa shape index (κ3) is 5.56. The van der Waals surface area contributed by atoms with Gasteiger partial charge in [0, 0.05) is 19.6 Å². The van der Waals surface area contributed by atoms with E-state index in [1.54, 1.807) is 0 Å². The first-order valence-electron chi connectivity index (χ1n) is 9.22. The van der Waals surface area contributed by atoms with E-state index in [2.05, 4.69) is 5.32 Å². The van der Waals surface area contributed by atoms with Crippen LogP contribution in [0.2, 0.25) is 0 Å². The molecule has 0 radical (unpaired) electrons. The zero-order chi connectivity index (χ0) is 18.1. The lowest BCUT2D eigenvalue weighted by Crippen LogP contribution is -2.37. The van der Waals surface area contributed by atoms with Crippen molar-refractivity contribution < 1.29 is 19.4 Å². The van der Waals surface area contributed by atoms with Crippen molar-refractivity contribution in [1.29, 1.82) is 0 Å². The molecule has 1 saturated carbocycles. The average molecular weight is 347 g/mol. The number of rotatable bonds is 8. The van der Waals surface area contributed by atoms with Gasteiger partial charge in [0.05, 0.1) is 12.0 Å². The molecule has 0 aliphatic heterocycles. The molecule has 0 unspecified atom stereocenters. The molecule has 0 aromatic heterocycles. The molecule has 138 valence electrons. The predicted octanol–water partition coefficient (Wildman–Crippen LogP) is 3.65. The maximum absolute atomic E-state index is 12.4. The Hall–Kier alpha value is -1.88. The van der Waals surface area contributed by atoms with Crippen LogP contribution in [0, 0.1) is 5.41 Å². The summed E-state index contributed by atoms with van der Waals surface area (Å²) in [6.07, 6.45) is 5.14. The van der Waals surface area contributed by atoms with Gasteiger partial charge in [-0.25, -0.2) is 0 Å². The first kappa shape index (κ1) is 19.4. The van der Waals surface area contributed by atoms with E-state index >= 15 is 0 Å². The summed E-state index contributed by atoms with van der Waals surface area (Å²) < 4.78 is 5.46. The van der Waals surface area contributed by atoms with Crippen molar-refractivity contribution in [3.05, 3.63) is 35.4 Å². The Balaban J connectivity index is 1.96. The van der Waals surface area contributed by atoms with Gasteiger partial charge in [0.1, 0.15) is 0 Å². The molecule has 0 bridgehead atoms. The molecule has 0 saturated heterocycles. The van der Waals surface area contributed by atoms with E-state index in [9.17, 15) is 14.7 Å². The van der Waals surface area contributed by atoms with E-state index in [-0.39, 0.29) is 12.3 Å². The first-order valence-corrected chi connectivity index (χ1v) is 9.22. The molecule has 0 atom stereocenters. The lowest BCUT2D eigenvalue weighted by molar-refractivity contribution is -0.152. The number of carbonyl (C=O) groups excluding carboxylic acids is 1. The minimum Gasteiger partial charge on any atom is -0.481 e. The highest BCUT2D eigenvalue weighted by Crippen LogP contribution is 2.38. The number of nitrogens with one attached hydrogen (secondary N) is 1. The van der Waals surface area contributed by atoms with E-state index in [0.29, 0.717) is 32.6 Å². The van der Waals surface area contributed by atoms with Gasteiger partial charge in [-0.15, -0.1) is 0 Å². The van der Waals surface area contributed by atoms with Crippen LogP contribution in [0.25, 0.3) is 0 Å². The molecule has 5 heteroatoms. The summed E-state index contributed by atoms with van der Waals surface area (Å²) in [5.74, 6) is -1.02. The highest BCUT2D eigenvalue weighted by molar-refractivity contribution is 5.85. The van der Waals surface area contributed by atoms with E-state index in [0.717, 1.165) is 36.8 Å². The Morgan fingerprint density at radius 2 is 1.76 bits per heavy atom. The molecule has 0 heterocycles. The third-order valence-corrected chi connectivity index (χ3v) is 5.07. The molecule has 1 fully saturated rings. The first-order chi connectivity index (χ1) is 12.1. The van der Waals surface area contributed by atoms with Crippen LogP contribution >= 0.6 is 0 Å². The topological polar surface area (TPSA) is 75.6 Å². The zero-order valence-electron chi connectivity index (χ0n) is 15.1. The van der Waals surface area contributed by atoms with Crippen LogP contribution < -0.4 is 5.32 Å². The molecule has 25 heavy (non-hydrogen) atoms. The van der Waals surface area contributed by atoms with Crippen LogP contribution in [-0.2, 0) is 27.5 Å². The van der Waals surface area contributed by atoms with Gasteiger partial charge in [-0.3, -0.25) is 9.59 Å². The highest BCUT2D eigenvalue weighted by Gasteiger charge is 2.40. The summed E-state index contributed by atoms with van der Waals surface area (Å²) in [5, 5.41) is 12.6. The molecule has 1 aromatic rings. The van der Waals surface area contributed by atoms with Crippen molar-refractivity contribution in [2.45, 2.75) is 65.0 Å². The predicted molar refractivity (Wildman–Crippen MR) is 96.0 cm³/mol. The number of carboxylic acids is 1. The lowest BCUT2D eigenvalue weighted by atomic mass is 9.77. The number of amides is 1. The monoisotopic (exact) mass is 347 g/mol. The Bertz CT molecular complexity index is 577. The zero-order valence-corrected chi connectivity index (χ0v) is 15.1. The number of aliphatic carboxylic acids is 1. The fourth-order valence-corrected chi connectivity index (χ4v) is 3.52. The summed E-state index contributed by atoms with van der Waals surface area (Å²) in [6.45, 7) is 3.50. The van der Waals surface area contributed by atoms with Crippen molar-refractivity contribution in [3.8, 4) is 0 Å². The van der Waals surface area contributed by atoms with Gasteiger partial charge in [-0.2, -0.15) is 0 Å². The van der Waals surface area contributed by atoms with Crippen molar-refractivity contribution >= 4 is 11.9 Å². The summed E-state index contributed by atoms with van der Waals surface area (Å²) in [4.78, 5) is 24.2. The van der Waals surface area contributed by atoms with Gasteiger partial charge in [0.15, 0.2) is 0 Å². The number of benzene rings is 1. The van der Waals surface area contributed by atoms with Crippen molar-refractivity contribution in [1.82, 2.24) is 5.32 Å². The van der Waals surface area contributed by atoms with E-state index < -0.39 is 11.4 Å². The van der Waals surface area contributed by atoms with Crippen molar-refractivity contribution in [2.75, 3.05) is 6.61 Å². The molecule has 0 spiro atoms. The third-order valence-electron chi connectivity index (χ3n) is 5.07.